The molecular weight excluding hydrogens is 176 g/mol. The SMILES string of the molecule is Oc1ccn(NCc2ccccc2)c1. The van der Waals surface area contributed by atoms with Crippen LogP contribution in [-0.2, 0) is 6.54 Å². The van der Waals surface area contributed by atoms with Gasteiger partial charge in [-0.15, -0.1) is 0 Å². The second kappa shape index (κ2) is 3.87. The van der Waals surface area contributed by atoms with Gasteiger partial charge >= 0.3 is 0 Å². The molecule has 0 aliphatic heterocycles. The summed E-state index contributed by atoms with van der Waals surface area (Å²) in [6.07, 6.45) is 3.40. The van der Waals surface area contributed by atoms with Gasteiger partial charge in [0.1, 0.15) is 5.75 Å². The number of hydrogen-bond donors (Lipinski definition) is 2. The maximum atomic E-state index is 9.09. The zero-order chi connectivity index (χ0) is 9.80. The Morgan fingerprint density at radius 1 is 1.14 bits per heavy atom. The molecule has 0 radical (unpaired) electrons. The summed E-state index contributed by atoms with van der Waals surface area (Å²) in [6, 6.07) is 11.7. The zero-order valence-corrected chi connectivity index (χ0v) is 7.72. The summed E-state index contributed by atoms with van der Waals surface area (Å²) in [6.45, 7) is 0.745. The summed E-state index contributed by atoms with van der Waals surface area (Å²) >= 11 is 0. The molecule has 1 heterocycles. The maximum absolute atomic E-state index is 9.09. The molecule has 0 fully saturated rings. The van der Waals surface area contributed by atoms with Gasteiger partial charge in [0.2, 0.25) is 0 Å². The molecule has 3 heteroatoms. The Kier molecular flexibility index (Phi) is 2.40. The molecule has 0 aliphatic rings. The fourth-order valence-electron chi connectivity index (χ4n) is 1.26. The van der Waals surface area contributed by atoms with E-state index >= 15 is 0 Å². The highest BCUT2D eigenvalue weighted by Crippen LogP contribution is 2.06. The predicted molar refractivity (Wildman–Crippen MR) is 55.6 cm³/mol. The van der Waals surface area contributed by atoms with E-state index in [4.69, 9.17) is 5.11 Å². The lowest BCUT2D eigenvalue weighted by Gasteiger charge is -2.06. The smallest absolute Gasteiger partial charge is 0.135 e. The first-order valence-corrected chi connectivity index (χ1v) is 4.49. The van der Waals surface area contributed by atoms with Crippen molar-refractivity contribution >= 4 is 0 Å². The minimum absolute atomic E-state index is 0.269. The van der Waals surface area contributed by atoms with Crippen LogP contribution in [0.4, 0.5) is 0 Å². The van der Waals surface area contributed by atoms with Gasteiger partial charge in [0.15, 0.2) is 0 Å². The van der Waals surface area contributed by atoms with E-state index in [2.05, 4.69) is 17.6 Å². The van der Waals surface area contributed by atoms with Crippen molar-refractivity contribution in [3.8, 4) is 5.75 Å². The number of nitrogens with zero attached hydrogens (tertiary/aromatic N) is 1. The summed E-state index contributed by atoms with van der Waals surface area (Å²) < 4.78 is 1.74. The molecule has 2 rings (SSSR count). The number of hydrogen-bond acceptors (Lipinski definition) is 2. The molecule has 0 amide bonds. The fourth-order valence-corrected chi connectivity index (χ4v) is 1.26. The monoisotopic (exact) mass is 188 g/mol. The summed E-state index contributed by atoms with van der Waals surface area (Å²) in [7, 11) is 0. The fraction of sp³-hybridized carbons (Fsp3) is 0.0909. The molecule has 1 aromatic carbocycles. The second-order valence-electron chi connectivity index (χ2n) is 3.10. The Morgan fingerprint density at radius 3 is 2.57 bits per heavy atom. The van der Waals surface area contributed by atoms with Gasteiger partial charge in [-0.05, 0) is 11.6 Å². The molecule has 0 saturated heterocycles. The Morgan fingerprint density at radius 2 is 1.93 bits per heavy atom. The molecule has 2 N–H and O–H groups in total. The van der Waals surface area contributed by atoms with Crippen molar-refractivity contribution in [2.75, 3.05) is 5.43 Å². The highest BCUT2D eigenvalue weighted by molar-refractivity contribution is 5.18. The van der Waals surface area contributed by atoms with Gasteiger partial charge in [0.05, 0.1) is 12.7 Å². The van der Waals surface area contributed by atoms with E-state index in [0.717, 1.165) is 6.54 Å². The van der Waals surface area contributed by atoms with Crippen LogP contribution in [0, 0.1) is 0 Å². The third-order valence-corrected chi connectivity index (χ3v) is 1.99. The highest BCUT2D eigenvalue weighted by Gasteiger charge is 1.93. The lowest BCUT2D eigenvalue weighted by molar-refractivity contribution is 0.474. The number of aromatic hydroxyl groups is 1. The largest absolute Gasteiger partial charge is 0.506 e. The summed E-state index contributed by atoms with van der Waals surface area (Å²) in [5.41, 5.74) is 4.35. The van der Waals surface area contributed by atoms with Gasteiger partial charge in [-0.2, -0.15) is 0 Å². The molecule has 72 valence electrons. The van der Waals surface area contributed by atoms with Crippen molar-refractivity contribution in [3.63, 3.8) is 0 Å². The lowest BCUT2D eigenvalue weighted by atomic mass is 10.2. The van der Waals surface area contributed by atoms with Gasteiger partial charge in [-0.25, -0.2) is 0 Å². The van der Waals surface area contributed by atoms with Crippen LogP contribution in [0.5, 0.6) is 5.75 Å². The van der Waals surface area contributed by atoms with E-state index in [1.165, 1.54) is 5.56 Å². The number of nitrogens with one attached hydrogen (secondary N) is 1. The van der Waals surface area contributed by atoms with Crippen LogP contribution in [0.3, 0.4) is 0 Å². The standard InChI is InChI=1S/C11H12N2O/c14-11-6-7-13(9-11)12-8-10-4-2-1-3-5-10/h1-7,9,12,14H,8H2. The minimum Gasteiger partial charge on any atom is -0.506 e. The molecule has 0 aliphatic carbocycles. The Bertz CT molecular complexity index is 395. The molecule has 0 saturated carbocycles. The van der Waals surface area contributed by atoms with E-state index in [-0.39, 0.29) is 5.75 Å². The van der Waals surface area contributed by atoms with E-state index in [0.29, 0.717) is 0 Å². The van der Waals surface area contributed by atoms with Crippen molar-refractivity contribution in [2.24, 2.45) is 0 Å². The van der Waals surface area contributed by atoms with Gasteiger partial charge in [-0.3, -0.25) is 4.68 Å². The van der Waals surface area contributed by atoms with Gasteiger partial charge in [0, 0.05) is 6.20 Å². The molecule has 0 atom stereocenters. The quantitative estimate of drug-likeness (QED) is 0.772. The van der Waals surface area contributed by atoms with E-state index in [9.17, 15) is 0 Å². The maximum Gasteiger partial charge on any atom is 0.135 e. The Labute approximate surface area is 82.6 Å². The van der Waals surface area contributed by atoms with Crippen LogP contribution in [-0.4, -0.2) is 9.78 Å². The van der Waals surface area contributed by atoms with Gasteiger partial charge in [0.25, 0.3) is 0 Å². The second-order valence-corrected chi connectivity index (χ2v) is 3.10. The Balaban J connectivity index is 1.95. The average molecular weight is 188 g/mol. The van der Waals surface area contributed by atoms with Crippen LogP contribution in [0.25, 0.3) is 0 Å². The van der Waals surface area contributed by atoms with Crippen molar-refractivity contribution in [1.29, 1.82) is 0 Å². The predicted octanol–water partition coefficient (Wildman–Crippen LogP) is 1.94. The Hall–Kier alpha value is -1.90. The van der Waals surface area contributed by atoms with Crippen molar-refractivity contribution in [2.45, 2.75) is 6.54 Å². The van der Waals surface area contributed by atoms with Crippen LogP contribution in [0.15, 0.2) is 48.8 Å². The molecule has 0 unspecified atom stereocenters. The number of aromatic nitrogens is 1. The highest BCUT2D eigenvalue weighted by atomic mass is 16.3. The van der Waals surface area contributed by atoms with E-state index < -0.39 is 0 Å². The van der Waals surface area contributed by atoms with E-state index in [1.54, 1.807) is 23.1 Å². The molecular formula is C11H12N2O. The minimum atomic E-state index is 0.269. The molecule has 3 nitrogen and oxygen atoms in total. The molecule has 0 spiro atoms. The first-order valence-electron chi connectivity index (χ1n) is 4.49. The van der Waals surface area contributed by atoms with Crippen LogP contribution < -0.4 is 5.43 Å². The van der Waals surface area contributed by atoms with E-state index in [1.807, 2.05) is 18.2 Å². The topological polar surface area (TPSA) is 37.2 Å². The van der Waals surface area contributed by atoms with Crippen molar-refractivity contribution < 1.29 is 5.11 Å². The third-order valence-electron chi connectivity index (χ3n) is 1.99. The van der Waals surface area contributed by atoms with Gasteiger partial charge in [-0.1, -0.05) is 30.3 Å². The average Bonchev–Trinajstić information content (AvgIpc) is 2.63. The molecule has 0 bridgehead atoms. The third kappa shape index (κ3) is 2.07. The summed E-state index contributed by atoms with van der Waals surface area (Å²) in [5.74, 6) is 0.269. The normalized spacial score (nSPS) is 10.0. The molecule has 14 heavy (non-hydrogen) atoms. The van der Waals surface area contributed by atoms with Crippen LogP contribution >= 0.6 is 0 Å². The molecule has 1 aromatic heterocycles. The van der Waals surface area contributed by atoms with Crippen molar-refractivity contribution in [1.82, 2.24) is 4.68 Å². The van der Waals surface area contributed by atoms with Crippen LogP contribution in [0.2, 0.25) is 0 Å². The number of rotatable bonds is 3. The number of benzene rings is 1. The summed E-state index contributed by atoms with van der Waals surface area (Å²) in [4.78, 5) is 0. The lowest BCUT2D eigenvalue weighted by Crippen LogP contribution is -2.11. The molecule has 2 aromatic rings. The zero-order valence-electron chi connectivity index (χ0n) is 7.72. The van der Waals surface area contributed by atoms with Crippen molar-refractivity contribution in [3.05, 3.63) is 54.4 Å². The first kappa shape index (κ1) is 8.69. The van der Waals surface area contributed by atoms with Crippen LogP contribution in [0.1, 0.15) is 5.56 Å². The first-order chi connectivity index (χ1) is 6.84. The van der Waals surface area contributed by atoms with Gasteiger partial charge < -0.3 is 10.5 Å². The summed E-state index contributed by atoms with van der Waals surface area (Å²) in [5, 5.41) is 9.09.